The second kappa shape index (κ2) is 9.92. The van der Waals surface area contributed by atoms with Crippen LogP contribution in [0.4, 0.5) is 0 Å². The van der Waals surface area contributed by atoms with Crippen LogP contribution in [-0.2, 0) is 0 Å². The lowest BCUT2D eigenvalue weighted by molar-refractivity contribution is 0.195. The van der Waals surface area contributed by atoms with Crippen LogP contribution in [0.5, 0.6) is 0 Å². The number of likely N-dealkylation sites (N-methyl/N-ethyl adjacent to an activating group) is 1. The lowest BCUT2D eigenvalue weighted by Crippen LogP contribution is -2.31. The molecule has 0 spiro atoms. The largest absolute Gasteiger partial charge is 0.395 e. The van der Waals surface area contributed by atoms with Crippen LogP contribution < -0.4 is 5.32 Å². The molecule has 0 aromatic heterocycles. The fourth-order valence-corrected chi connectivity index (χ4v) is 2.39. The van der Waals surface area contributed by atoms with Crippen LogP contribution in [0.3, 0.4) is 0 Å². The molecule has 0 heterocycles. The first kappa shape index (κ1) is 17.2. The minimum atomic E-state index is 0.241. The van der Waals surface area contributed by atoms with Crippen LogP contribution in [0.2, 0.25) is 0 Å². The highest BCUT2D eigenvalue weighted by Gasteiger charge is 2.12. The number of aryl methyl sites for hydroxylation is 1. The van der Waals surface area contributed by atoms with E-state index in [9.17, 15) is 0 Å². The van der Waals surface area contributed by atoms with Crippen molar-refractivity contribution in [2.75, 3.05) is 32.8 Å². The number of hydrogen-bond donors (Lipinski definition) is 2. The van der Waals surface area contributed by atoms with Crippen LogP contribution in [-0.4, -0.2) is 42.8 Å². The van der Waals surface area contributed by atoms with Crippen LogP contribution in [0.25, 0.3) is 0 Å². The molecule has 0 radical (unpaired) electrons. The number of benzene rings is 1. The van der Waals surface area contributed by atoms with Crippen molar-refractivity contribution in [3.63, 3.8) is 0 Å². The van der Waals surface area contributed by atoms with Gasteiger partial charge in [0.1, 0.15) is 0 Å². The van der Waals surface area contributed by atoms with E-state index < -0.39 is 0 Å². The van der Waals surface area contributed by atoms with Gasteiger partial charge in [0.05, 0.1) is 6.61 Å². The maximum atomic E-state index is 9.06. The SMILES string of the molecule is CCCNC(CCN(CC)CCO)c1ccc(C)cc1. The summed E-state index contributed by atoms with van der Waals surface area (Å²) in [7, 11) is 0. The molecule has 0 fully saturated rings. The third-order valence-corrected chi connectivity index (χ3v) is 3.72. The van der Waals surface area contributed by atoms with Crippen LogP contribution in [0, 0.1) is 6.92 Å². The molecule has 0 saturated carbocycles. The van der Waals surface area contributed by atoms with Gasteiger partial charge in [0, 0.05) is 19.1 Å². The van der Waals surface area contributed by atoms with Gasteiger partial charge in [-0.05, 0) is 38.4 Å². The quantitative estimate of drug-likeness (QED) is 0.691. The molecule has 1 atom stereocenters. The molecule has 3 heteroatoms. The van der Waals surface area contributed by atoms with E-state index in [4.69, 9.17) is 5.11 Å². The summed E-state index contributed by atoms with van der Waals surface area (Å²) in [6.07, 6.45) is 2.23. The van der Waals surface area contributed by atoms with E-state index in [0.29, 0.717) is 6.04 Å². The van der Waals surface area contributed by atoms with E-state index in [0.717, 1.165) is 39.0 Å². The molecule has 0 aliphatic heterocycles. The summed E-state index contributed by atoms with van der Waals surface area (Å²) in [4.78, 5) is 2.30. The third kappa shape index (κ3) is 6.04. The van der Waals surface area contributed by atoms with Crippen molar-refractivity contribution < 1.29 is 5.11 Å². The Labute approximate surface area is 124 Å². The first-order valence-electron chi connectivity index (χ1n) is 7.84. The number of hydrogen-bond acceptors (Lipinski definition) is 3. The van der Waals surface area contributed by atoms with Crippen molar-refractivity contribution in [1.29, 1.82) is 0 Å². The zero-order chi connectivity index (χ0) is 14.8. The summed E-state index contributed by atoms with van der Waals surface area (Å²) < 4.78 is 0. The molecule has 114 valence electrons. The summed E-state index contributed by atoms with van der Waals surface area (Å²) >= 11 is 0. The minimum absolute atomic E-state index is 0.241. The summed E-state index contributed by atoms with van der Waals surface area (Å²) in [6, 6.07) is 9.22. The Hall–Kier alpha value is -0.900. The Morgan fingerprint density at radius 2 is 1.85 bits per heavy atom. The molecule has 0 amide bonds. The van der Waals surface area contributed by atoms with Gasteiger partial charge >= 0.3 is 0 Å². The van der Waals surface area contributed by atoms with Gasteiger partial charge in [-0.1, -0.05) is 43.7 Å². The van der Waals surface area contributed by atoms with E-state index in [1.165, 1.54) is 11.1 Å². The average molecular weight is 278 g/mol. The van der Waals surface area contributed by atoms with Gasteiger partial charge in [0.2, 0.25) is 0 Å². The highest BCUT2D eigenvalue weighted by Crippen LogP contribution is 2.18. The first-order chi connectivity index (χ1) is 9.71. The highest BCUT2D eigenvalue weighted by atomic mass is 16.3. The molecule has 2 N–H and O–H groups in total. The molecule has 1 rings (SSSR count). The van der Waals surface area contributed by atoms with Crippen molar-refractivity contribution in [3.05, 3.63) is 35.4 Å². The predicted octanol–water partition coefficient (Wildman–Crippen LogP) is 2.74. The smallest absolute Gasteiger partial charge is 0.0558 e. The monoisotopic (exact) mass is 278 g/mol. The molecular formula is C17H30N2O. The van der Waals surface area contributed by atoms with E-state index >= 15 is 0 Å². The van der Waals surface area contributed by atoms with E-state index in [2.05, 4.69) is 55.3 Å². The maximum absolute atomic E-state index is 9.06. The molecule has 0 saturated heterocycles. The fraction of sp³-hybridized carbons (Fsp3) is 0.647. The molecular weight excluding hydrogens is 248 g/mol. The van der Waals surface area contributed by atoms with Gasteiger partial charge in [-0.15, -0.1) is 0 Å². The van der Waals surface area contributed by atoms with Crippen LogP contribution >= 0.6 is 0 Å². The number of nitrogens with zero attached hydrogens (tertiary/aromatic N) is 1. The molecule has 1 aromatic rings. The van der Waals surface area contributed by atoms with E-state index in [-0.39, 0.29) is 6.61 Å². The van der Waals surface area contributed by atoms with Gasteiger partial charge < -0.3 is 15.3 Å². The van der Waals surface area contributed by atoms with E-state index in [1.807, 2.05) is 0 Å². The average Bonchev–Trinajstić information content (AvgIpc) is 2.47. The third-order valence-electron chi connectivity index (χ3n) is 3.72. The molecule has 0 bridgehead atoms. The number of aliphatic hydroxyl groups is 1. The van der Waals surface area contributed by atoms with Crippen molar-refractivity contribution in [2.45, 2.75) is 39.7 Å². The van der Waals surface area contributed by atoms with Gasteiger partial charge in [-0.25, -0.2) is 0 Å². The second-order valence-electron chi connectivity index (χ2n) is 5.36. The Morgan fingerprint density at radius 3 is 2.40 bits per heavy atom. The summed E-state index contributed by atoms with van der Waals surface area (Å²) in [5.41, 5.74) is 2.67. The fourth-order valence-electron chi connectivity index (χ4n) is 2.39. The van der Waals surface area contributed by atoms with Crippen molar-refractivity contribution in [1.82, 2.24) is 10.2 Å². The molecule has 20 heavy (non-hydrogen) atoms. The van der Waals surface area contributed by atoms with Gasteiger partial charge in [-0.3, -0.25) is 0 Å². The zero-order valence-corrected chi connectivity index (χ0v) is 13.2. The van der Waals surface area contributed by atoms with Crippen LogP contribution in [0.15, 0.2) is 24.3 Å². The van der Waals surface area contributed by atoms with Gasteiger partial charge in [0.25, 0.3) is 0 Å². The Bertz CT molecular complexity index is 351. The number of nitrogens with one attached hydrogen (secondary N) is 1. The Balaban J connectivity index is 2.61. The van der Waals surface area contributed by atoms with Crippen molar-refractivity contribution in [3.8, 4) is 0 Å². The topological polar surface area (TPSA) is 35.5 Å². The molecule has 1 aromatic carbocycles. The molecule has 0 aliphatic rings. The van der Waals surface area contributed by atoms with E-state index in [1.54, 1.807) is 0 Å². The number of rotatable bonds is 10. The summed E-state index contributed by atoms with van der Waals surface area (Å²) in [6.45, 7) is 10.5. The lowest BCUT2D eigenvalue weighted by Gasteiger charge is -2.24. The van der Waals surface area contributed by atoms with Crippen molar-refractivity contribution >= 4 is 0 Å². The molecule has 1 unspecified atom stereocenters. The summed E-state index contributed by atoms with van der Waals surface area (Å²) in [5, 5.41) is 12.7. The Kier molecular flexibility index (Phi) is 8.51. The minimum Gasteiger partial charge on any atom is -0.395 e. The standard InChI is InChI=1S/C17H30N2O/c1-4-11-18-17(10-12-19(5-2)13-14-20)16-8-6-15(3)7-9-16/h6-9,17-18,20H,4-5,10-14H2,1-3H3. The first-order valence-corrected chi connectivity index (χ1v) is 7.84. The zero-order valence-electron chi connectivity index (χ0n) is 13.2. The summed E-state index contributed by atoms with van der Waals surface area (Å²) in [5.74, 6) is 0. The number of aliphatic hydroxyl groups excluding tert-OH is 1. The normalized spacial score (nSPS) is 12.8. The van der Waals surface area contributed by atoms with Crippen molar-refractivity contribution in [2.24, 2.45) is 0 Å². The molecule has 3 nitrogen and oxygen atoms in total. The Morgan fingerprint density at radius 1 is 1.15 bits per heavy atom. The predicted molar refractivity (Wildman–Crippen MR) is 86.0 cm³/mol. The van der Waals surface area contributed by atoms with Gasteiger partial charge in [0.15, 0.2) is 0 Å². The highest BCUT2D eigenvalue weighted by molar-refractivity contribution is 5.24. The van der Waals surface area contributed by atoms with Crippen LogP contribution in [0.1, 0.15) is 43.9 Å². The lowest BCUT2D eigenvalue weighted by atomic mass is 10.0. The maximum Gasteiger partial charge on any atom is 0.0558 e. The second-order valence-corrected chi connectivity index (χ2v) is 5.36. The van der Waals surface area contributed by atoms with Gasteiger partial charge in [-0.2, -0.15) is 0 Å². The molecule has 0 aliphatic carbocycles.